The molecule has 0 radical (unpaired) electrons. The van der Waals surface area contributed by atoms with E-state index in [2.05, 4.69) is 117 Å². The van der Waals surface area contributed by atoms with Crippen LogP contribution in [0.5, 0.6) is 0 Å². The molecule has 2 saturated heterocycles. The predicted molar refractivity (Wildman–Crippen MR) is 177 cm³/mol. The summed E-state index contributed by atoms with van der Waals surface area (Å²) in [4.78, 5) is 2.83. The molecule has 0 bridgehead atoms. The molecule has 0 N–H and O–H groups in total. The highest BCUT2D eigenvalue weighted by molar-refractivity contribution is 14.1. The molecular weight excluding hydrogens is 774 g/mol. The monoisotopic (exact) mass is 800 g/mol. The first-order valence-electron chi connectivity index (χ1n) is 12.8. The highest BCUT2D eigenvalue weighted by Gasteiger charge is 2.42. The zero-order chi connectivity index (χ0) is 25.6. The molecule has 2 aromatic carbocycles. The number of fused-ring (bicyclic) bond motifs is 10. The van der Waals surface area contributed by atoms with Crippen molar-refractivity contribution in [2.75, 3.05) is 8.86 Å². The SMILES string of the molecule is IC[C@@H]1C[C@@H]2c3ccccc3Sc3sccc3[C@H]2O1.IC[C@H]1C[C@@H]2c3ccccc3Sc3sccc3[C@H]2O1. The third kappa shape index (κ3) is 4.97. The van der Waals surface area contributed by atoms with Gasteiger partial charge in [0.25, 0.3) is 0 Å². The zero-order valence-corrected chi connectivity index (χ0v) is 28.0. The summed E-state index contributed by atoms with van der Waals surface area (Å²) >= 11 is 12.4. The smallest absolute Gasteiger partial charge is 0.0918 e. The summed E-state index contributed by atoms with van der Waals surface area (Å²) < 4.78 is 17.6. The molecule has 2 aromatic heterocycles. The van der Waals surface area contributed by atoms with Gasteiger partial charge in [-0.15, -0.1) is 22.7 Å². The van der Waals surface area contributed by atoms with Gasteiger partial charge in [0.1, 0.15) is 0 Å². The summed E-state index contributed by atoms with van der Waals surface area (Å²) in [7, 11) is 0. The van der Waals surface area contributed by atoms with E-state index in [9.17, 15) is 0 Å². The van der Waals surface area contributed by atoms with Gasteiger partial charge in [-0.05, 0) is 59.0 Å². The van der Waals surface area contributed by atoms with E-state index in [1.807, 2.05) is 46.2 Å². The van der Waals surface area contributed by atoms with E-state index in [4.69, 9.17) is 9.47 Å². The lowest BCUT2D eigenvalue weighted by Gasteiger charge is -2.17. The topological polar surface area (TPSA) is 18.5 Å². The van der Waals surface area contributed by atoms with Gasteiger partial charge in [0.05, 0.1) is 32.8 Å². The van der Waals surface area contributed by atoms with Crippen LogP contribution in [0.25, 0.3) is 0 Å². The fraction of sp³-hybridized carbons (Fsp3) is 0.333. The van der Waals surface area contributed by atoms with Crippen LogP contribution in [0.2, 0.25) is 0 Å². The van der Waals surface area contributed by atoms with Gasteiger partial charge >= 0.3 is 0 Å². The molecule has 0 amide bonds. The van der Waals surface area contributed by atoms with Gasteiger partial charge in [0.15, 0.2) is 0 Å². The largest absolute Gasteiger partial charge is 0.369 e. The number of ether oxygens (including phenoxy) is 2. The molecule has 4 aromatic rings. The summed E-state index contributed by atoms with van der Waals surface area (Å²) in [5.74, 6) is 1.05. The maximum Gasteiger partial charge on any atom is 0.0918 e. The standard InChI is InChI=1S/2C15H13IOS2/c2*16-8-9-7-12-10-3-1-2-4-13(10)19-15-11(5-6-18-15)14(12)17-9/h2*1-6,9,12,14H,7-8H2/t9-,12+,14+;9-,12-,14-/m01/s1. The predicted octanol–water partition coefficient (Wildman–Crippen LogP) is 10.5. The van der Waals surface area contributed by atoms with E-state index < -0.39 is 0 Å². The van der Waals surface area contributed by atoms with Gasteiger partial charge < -0.3 is 9.47 Å². The number of alkyl halides is 2. The quantitative estimate of drug-likeness (QED) is 0.148. The Labute approximate surface area is 268 Å². The van der Waals surface area contributed by atoms with Crippen molar-refractivity contribution in [1.29, 1.82) is 0 Å². The molecule has 0 aliphatic carbocycles. The lowest BCUT2D eigenvalue weighted by Crippen LogP contribution is -2.07. The molecule has 6 heterocycles. The minimum Gasteiger partial charge on any atom is -0.369 e. The van der Waals surface area contributed by atoms with Gasteiger partial charge in [-0.25, -0.2) is 0 Å². The molecule has 8 heteroatoms. The van der Waals surface area contributed by atoms with Crippen LogP contribution >= 0.6 is 91.4 Å². The van der Waals surface area contributed by atoms with Crippen molar-refractivity contribution in [2.24, 2.45) is 0 Å². The summed E-state index contributed by atoms with van der Waals surface area (Å²) in [6.07, 6.45) is 3.63. The molecule has 6 atom stereocenters. The average Bonchev–Trinajstić information content (AvgIpc) is 3.74. The summed E-state index contributed by atoms with van der Waals surface area (Å²) in [5, 5.41) is 4.40. The number of rotatable bonds is 2. The first kappa shape index (κ1) is 26.8. The van der Waals surface area contributed by atoms with E-state index in [0.717, 1.165) is 21.7 Å². The van der Waals surface area contributed by atoms with E-state index in [-0.39, 0.29) is 12.2 Å². The van der Waals surface area contributed by atoms with Crippen molar-refractivity contribution in [3.8, 4) is 0 Å². The fourth-order valence-electron chi connectivity index (χ4n) is 6.05. The van der Waals surface area contributed by atoms with Crippen LogP contribution in [0.3, 0.4) is 0 Å². The summed E-state index contributed by atoms with van der Waals surface area (Å²) in [6.45, 7) is 0. The van der Waals surface area contributed by atoms with Crippen LogP contribution in [0.15, 0.2) is 89.6 Å². The third-order valence-corrected chi connectivity index (χ3v) is 14.3. The van der Waals surface area contributed by atoms with Crippen LogP contribution < -0.4 is 0 Å². The number of halogens is 2. The molecular formula is C30H26I2O2S4. The Kier molecular flexibility index (Phi) is 8.22. The molecule has 196 valence electrons. The van der Waals surface area contributed by atoms with Crippen molar-refractivity contribution in [1.82, 2.24) is 0 Å². The van der Waals surface area contributed by atoms with Crippen LogP contribution in [0, 0.1) is 0 Å². The number of hydrogen-bond acceptors (Lipinski definition) is 6. The molecule has 0 saturated carbocycles. The van der Waals surface area contributed by atoms with Crippen LogP contribution in [-0.4, -0.2) is 21.1 Å². The number of hydrogen-bond donors (Lipinski definition) is 0. The van der Waals surface area contributed by atoms with Crippen LogP contribution in [0.1, 0.15) is 59.1 Å². The fourth-order valence-corrected chi connectivity index (χ4v) is 11.7. The molecule has 2 fully saturated rings. The highest BCUT2D eigenvalue weighted by Crippen LogP contribution is 2.56. The van der Waals surface area contributed by atoms with Gasteiger partial charge in [0.2, 0.25) is 0 Å². The first-order valence-corrected chi connectivity index (χ1v) is 19.3. The minimum atomic E-state index is 0.261. The van der Waals surface area contributed by atoms with E-state index in [0.29, 0.717) is 24.0 Å². The summed E-state index contributed by atoms with van der Waals surface area (Å²) in [6, 6.07) is 22.2. The molecule has 0 spiro atoms. The Morgan fingerprint density at radius 2 is 1.05 bits per heavy atom. The lowest BCUT2D eigenvalue weighted by atomic mass is 9.89. The van der Waals surface area contributed by atoms with Gasteiger partial charge in [-0.3, -0.25) is 0 Å². The van der Waals surface area contributed by atoms with Crippen LogP contribution in [-0.2, 0) is 9.47 Å². The Morgan fingerprint density at radius 3 is 1.50 bits per heavy atom. The molecule has 38 heavy (non-hydrogen) atoms. The highest BCUT2D eigenvalue weighted by atomic mass is 127. The van der Waals surface area contributed by atoms with Crippen molar-refractivity contribution in [3.63, 3.8) is 0 Å². The third-order valence-electron chi connectivity index (χ3n) is 7.76. The first-order chi connectivity index (χ1) is 18.7. The summed E-state index contributed by atoms with van der Waals surface area (Å²) in [5.41, 5.74) is 5.77. The van der Waals surface area contributed by atoms with Gasteiger partial charge in [0, 0.05) is 41.6 Å². The van der Waals surface area contributed by atoms with Crippen molar-refractivity contribution in [3.05, 3.63) is 93.7 Å². The van der Waals surface area contributed by atoms with E-state index in [1.54, 1.807) is 0 Å². The number of benzene rings is 2. The van der Waals surface area contributed by atoms with Crippen molar-refractivity contribution < 1.29 is 9.47 Å². The molecule has 8 rings (SSSR count). The van der Waals surface area contributed by atoms with Crippen LogP contribution in [0.4, 0.5) is 0 Å². The Morgan fingerprint density at radius 1 is 0.605 bits per heavy atom. The molecule has 4 aliphatic rings. The second kappa shape index (κ2) is 11.7. The van der Waals surface area contributed by atoms with Gasteiger partial charge in [-0.1, -0.05) is 105 Å². The average molecular weight is 801 g/mol. The molecule has 0 unspecified atom stereocenters. The second-order valence-corrected chi connectivity index (χ2v) is 16.2. The Bertz CT molecular complexity index is 1330. The number of thiophene rings is 2. The Balaban J connectivity index is 0.000000127. The molecule has 2 nitrogen and oxygen atoms in total. The second-order valence-electron chi connectivity index (χ2n) is 9.96. The van der Waals surface area contributed by atoms with Crippen molar-refractivity contribution in [2.45, 2.75) is 67.3 Å². The Hall–Kier alpha value is -0.0800. The maximum absolute atomic E-state index is 6.32. The maximum atomic E-state index is 6.32. The van der Waals surface area contributed by atoms with Gasteiger partial charge in [-0.2, -0.15) is 0 Å². The zero-order valence-electron chi connectivity index (χ0n) is 20.4. The van der Waals surface area contributed by atoms with Crippen molar-refractivity contribution >= 4 is 91.4 Å². The molecule has 4 aliphatic heterocycles. The van der Waals surface area contributed by atoms with E-state index in [1.165, 1.54) is 40.5 Å². The normalized spacial score (nSPS) is 28.4. The van der Waals surface area contributed by atoms with E-state index >= 15 is 0 Å². The lowest BCUT2D eigenvalue weighted by molar-refractivity contribution is 0.0538. The minimum absolute atomic E-state index is 0.261.